The molecule has 6 heteroatoms. The van der Waals surface area contributed by atoms with Gasteiger partial charge in [0.25, 0.3) is 5.91 Å². The van der Waals surface area contributed by atoms with Crippen molar-refractivity contribution in [3.05, 3.63) is 48.5 Å². The number of carbonyl (C=O) groups is 1. The second kappa shape index (κ2) is 3.99. The van der Waals surface area contributed by atoms with Crippen LogP contribution < -0.4 is 5.32 Å². The fraction of sp³-hybridized carbons (Fsp3) is 0.0833. The van der Waals surface area contributed by atoms with Gasteiger partial charge in [-0.25, -0.2) is 4.98 Å². The molecule has 0 aliphatic carbocycles. The number of nitrogens with one attached hydrogen (secondary N) is 1. The molecule has 0 aliphatic heterocycles. The van der Waals surface area contributed by atoms with E-state index in [0.29, 0.717) is 11.4 Å². The molecule has 0 saturated heterocycles. The molecule has 0 unspecified atom stereocenters. The molecule has 3 heterocycles. The van der Waals surface area contributed by atoms with Gasteiger partial charge in [0.1, 0.15) is 5.65 Å². The molecule has 0 saturated carbocycles. The number of pyridine rings is 1. The Morgan fingerprint density at radius 3 is 2.94 bits per heavy atom. The van der Waals surface area contributed by atoms with Crippen LogP contribution in [0.2, 0.25) is 0 Å². The lowest BCUT2D eigenvalue weighted by Crippen LogP contribution is -2.13. The molecule has 3 aromatic rings. The highest BCUT2D eigenvalue weighted by atomic mass is 16.1. The van der Waals surface area contributed by atoms with Crippen LogP contribution in [0.3, 0.4) is 0 Å². The van der Waals surface area contributed by atoms with Crippen LogP contribution in [0.5, 0.6) is 0 Å². The van der Waals surface area contributed by atoms with Crippen molar-refractivity contribution in [2.45, 2.75) is 0 Å². The van der Waals surface area contributed by atoms with Crippen molar-refractivity contribution in [3.63, 3.8) is 0 Å². The Bertz CT molecular complexity index is 712. The molecule has 6 nitrogen and oxygen atoms in total. The average Bonchev–Trinajstić information content (AvgIpc) is 2.96. The first-order valence-electron chi connectivity index (χ1n) is 5.46. The molecule has 3 rings (SSSR count). The smallest absolute Gasteiger partial charge is 0.258 e. The van der Waals surface area contributed by atoms with E-state index in [1.807, 2.05) is 0 Å². The van der Waals surface area contributed by atoms with Crippen molar-refractivity contribution in [1.29, 1.82) is 0 Å². The van der Waals surface area contributed by atoms with Crippen molar-refractivity contribution in [2.24, 2.45) is 7.05 Å². The summed E-state index contributed by atoms with van der Waals surface area (Å²) < 4.78 is 3.43. The number of rotatable bonds is 2. The second-order valence-corrected chi connectivity index (χ2v) is 3.94. The Balaban J connectivity index is 1.87. The van der Waals surface area contributed by atoms with Gasteiger partial charge in [0, 0.05) is 37.9 Å². The fourth-order valence-electron chi connectivity index (χ4n) is 1.72. The minimum absolute atomic E-state index is 0.190. The van der Waals surface area contributed by atoms with Gasteiger partial charge in [0.05, 0.1) is 5.56 Å². The number of carbonyl (C=O) groups excluding carboxylic acids is 1. The van der Waals surface area contributed by atoms with E-state index in [1.54, 1.807) is 59.1 Å². The minimum atomic E-state index is -0.190. The molecule has 1 amide bonds. The highest BCUT2D eigenvalue weighted by molar-refractivity contribution is 6.03. The van der Waals surface area contributed by atoms with E-state index in [1.165, 1.54) is 0 Å². The summed E-state index contributed by atoms with van der Waals surface area (Å²) >= 11 is 0. The monoisotopic (exact) mass is 241 g/mol. The van der Waals surface area contributed by atoms with Crippen molar-refractivity contribution < 1.29 is 4.79 Å². The molecule has 18 heavy (non-hydrogen) atoms. The first-order valence-corrected chi connectivity index (χ1v) is 5.46. The topological polar surface area (TPSA) is 64.2 Å². The summed E-state index contributed by atoms with van der Waals surface area (Å²) in [7, 11) is 1.80. The Hall–Kier alpha value is -2.63. The van der Waals surface area contributed by atoms with E-state index >= 15 is 0 Å². The molecule has 3 aromatic heterocycles. The summed E-state index contributed by atoms with van der Waals surface area (Å²) in [6.07, 6.45) is 7.00. The highest BCUT2D eigenvalue weighted by Gasteiger charge is 2.08. The van der Waals surface area contributed by atoms with Crippen molar-refractivity contribution >= 4 is 17.4 Å². The molecule has 0 radical (unpaired) electrons. The molecule has 0 bridgehead atoms. The van der Waals surface area contributed by atoms with Crippen LogP contribution in [0.15, 0.2) is 43.0 Å². The number of hydrogen-bond donors (Lipinski definition) is 1. The predicted molar refractivity (Wildman–Crippen MR) is 66.4 cm³/mol. The summed E-state index contributed by atoms with van der Waals surface area (Å²) in [6, 6.07) is 5.28. The lowest BCUT2D eigenvalue weighted by molar-refractivity contribution is 0.102. The molecular weight excluding hydrogens is 230 g/mol. The van der Waals surface area contributed by atoms with Gasteiger partial charge in [-0.2, -0.15) is 5.10 Å². The zero-order chi connectivity index (χ0) is 12.5. The maximum atomic E-state index is 12.0. The maximum Gasteiger partial charge on any atom is 0.258 e. The van der Waals surface area contributed by atoms with Gasteiger partial charge in [-0.15, -0.1) is 0 Å². The number of nitrogens with zero attached hydrogens (tertiary/aromatic N) is 4. The normalized spacial score (nSPS) is 10.7. The first kappa shape index (κ1) is 10.5. The van der Waals surface area contributed by atoms with Gasteiger partial charge >= 0.3 is 0 Å². The molecule has 0 spiro atoms. The van der Waals surface area contributed by atoms with Crippen LogP contribution >= 0.6 is 0 Å². The van der Waals surface area contributed by atoms with Crippen LogP contribution in [0.25, 0.3) is 5.65 Å². The van der Waals surface area contributed by atoms with Gasteiger partial charge in [-0.1, -0.05) is 0 Å². The molecular formula is C12H11N5O. The van der Waals surface area contributed by atoms with Crippen LogP contribution in [0, 0.1) is 0 Å². The summed E-state index contributed by atoms with van der Waals surface area (Å²) in [5.41, 5.74) is 1.37. The third-order valence-corrected chi connectivity index (χ3v) is 2.61. The Kier molecular flexibility index (Phi) is 2.33. The number of amides is 1. The van der Waals surface area contributed by atoms with Gasteiger partial charge in [-0.3, -0.25) is 9.48 Å². The lowest BCUT2D eigenvalue weighted by Gasteiger charge is -2.02. The predicted octanol–water partition coefficient (Wildman–Crippen LogP) is 1.32. The van der Waals surface area contributed by atoms with Crippen LogP contribution in [-0.2, 0) is 7.05 Å². The van der Waals surface area contributed by atoms with E-state index in [-0.39, 0.29) is 5.91 Å². The number of imidazole rings is 1. The molecule has 0 fully saturated rings. The minimum Gasteiger partial charge on any atom is -0.306 e. The third kappa shape index (κ3) is 1.84. The Morgan fingerprint density at radius 2 is 2.17 bits per heavy atom. The van der Waals surface area contributed by atoms with Gasteiger partial charge < -0.3 is 9.72 Å². The molecule has 0 aliphatic rings. The number of hydrogen-bond acceptors (Lipinski definition) is 3. The molecule has 1 N–H and O–H groups in total. The quantitative estimate of drug-likeness (QED) is 0.736. The highest BCUT2D eigenvalue weighted by Crippen LogP contribution is 2.08. The largest absolute Gasteiger partial charge is 0.306 e. The van der Waals surface area contributed by atoms with E-state index < -0.39 is 0 Å². The number of fused-ring (bicyclic) bond motifs is 1. The third-order valence-electron chi connectivity index (χ3n) is 2.61. The van der Waals surface area contributed by atoms with Crippen LogP contribution in [0.4, 0.5) is 5.82 Å². The number of aryl methyl sites for hydroxylation is 1. The zero-order valence-electron chi connectivity index (χ0n) is 9.74. The Morgan fingerprint density at radius 1 is 1.28 bits per heavy atom. The zero-order valence-corrected chi connectivity index (χ0v) is 9.74. The SMILES string of the molecule is Cn1ccc(NC(=O)c2ccc3nccn3c2)n1. The van der Waals surface area contributed by atoms with Crippen molar-refractivity contribution in [1.82, 2.24) is 19.2 Å². The van der Waals surface area contributed by atoms with Crippen LogP contribution in [-0.4, -0.2) is 25.1 Å². The summed E-state index contributed by atoms with van der Waals surface area (Å²) in [4.78, 5) is 16.1. The van der Waals surface area contributed by atoms with E-state index in [4.69, 9.17) is 0 Å². The van der Waals surface area contributed by atoms with E-state index in [0.717, 1.165) is 5.65 Å². The molecule has 90 valence electrons. The van der Waals surface area contributed by atoms with Gasteiger partial charge in [0.15, 0.2) is 5.82 Å². The maximum absolute atomic E-state index is 12.0. The first-order chi connectivity index (χ1) is 8.72. The van der Waals surface area contributed by atoms with E-state index in [2.05, 4.69) is 15.4 Å². The number of aromatic nitrogens is 4. The Labute approximate surface area is 103 Å². The van der Waals surface area contributed by atoms with Gasteiger partial charge in [-0.05, 0) is 12.1 Å². The molecule has 0 aromatic carbocycles. The van der Waals surface area contributed by atoms with Gasteiger partial charge in [0.2, 0.25) is 0 Å². The summed E-state index contributed by atoms with van der Waals surface area (Å²) in [6.45, 7) is 0. The van der Waals surface area contributed by atoms with Crippen molar-refractivity contribution in [2.75, 3.05) is 5.32 Å². The fourth-order valence-corrected chi connectivity index (χ4v) is 1.72. The van der Waals surface area contributed by atoms with Crippen molar-refractivity contribution in [3.8, 4) is 0 Å². The van der Waals surface area contributed by atoms with E-state index in [9.17, 15) is 4.79 Å². The summed E-state index contributed by atoms with van der Waals surface area (Å²) in [5.74, 6) is 0.345. The standard InChI is InChI=1S/C12H11N5O/c1-16-6-4-10(15-16)14-12(18)9-2-3-11-13-5-7-17(11)8-9/h2-8H,1H3,(H,14,15,18). The lowest BCUT2D eigenvalue weighted by atomic mass is 10.2. The second-order valence-electron chi connectivity index (χ2n) is 3.94. The van der Waals surface area contributed by atoms with Crippen LogP contribution in [0.1, 0.15) is 10.4 Å². The molecule has 0 atom stereocenters. The average molecular weight is 241 g/mol. The summed E-state index contributed by atoms with van der Waals surface area (Å²) in [5, 5.41) is 6.83. The number of anilines is 1.